The molecule has 0 bridgehead atoms. The zero-order valence-corrected chi connectivity index (χ0v) is 33.2. The first kappa shape index (κ1) is 34.8. The van der Waals surface area contributed by atoms with Crippen molar-refractivity contribution in [1.29, 1.82) is 5.26 Å². The van der Waals surface area contributed by atoms with Crippen LogP contribution in [-0.2, 0) is 0 Å². The Kier molecular flexibility index (Phi) is 7.95. The van der Waals surface area contributed by atoms with Crippen LogP contribution in [0.25, 0.3) is 115 Å². The summed E-state index contributed by atoms with van der Waals surface area (Å²) < 4.78 is 2.30. The average Bonchev–Trinajstić information content (AvgIpc) is 3.66. The molecule has 0 amide bonds. The van der Waals surface area contributed by atoms with Gasteiger partial charge in [0.2, 0.25) is 0 Å². The maximum absolute atomic E-state index is 9.88. The van der Waals surface area contributed by atoms with E-state index in [4.69, 9.17) is 0 Å². The van der Waals surface area contributed by atoms with E-state index in [0.717, 1.165) is 38.6 Å². The van der Waals surface area contributed by atoms with Crippen molar-refractivity contribution in [1.82, 2.24) is 4.57 Å². The Balaban J connectivity index is 1.18. The van der Waals surface area contributed by atoms with Gasteiger partial charge in [-0.25, -0.2) is 0 Å². The minimum absolute atomic E-state index is 0.647. The number of para-hydroxylation sites is 1. The summed E-state index contributed by atoms with van der Waals surface area (Å²) >= 11 is 0. The zero-order valence-electron chi connectivity index (χ0n) is 33.2. The molecular weight excluding hydrogens is 737 g/mol. The molecule has 0 N–H and O–H groups in total. The summed E-state index contributed by atoms with van der Waals surface area (Å²) in [5, 5.41) is 21.9. The van der Waals surface area contributed by atoms with E-state index in [1.54, 1.807) is 0 Å². The Labute approximate surface area is 353 Å². The summed E-state index contributed by atoms with van der Waals surface area (Å²) in [6, 6.07) is 81.6. The van der Waals surface area contributed by atoms with Crippen LogP contribution >= 0.6 is 0 Å². The van der Waals surface area contributed by atoms with E-state index in [-0.39, 0.29) is 0 Å². The maximum atomic E-state index is 9.88. The average molecular weight is 773 g/mol. The van der Waals surface area contributed by atoms with Gasteiger partial charge in [0.25, 0.3) is 0 Å². The molecule has 12 rings (SSSR count). The number of aromatic nitrogens is 1. The fraction of sp³-hybridized carbons (Fsp3) is 0. The number of fused-ring (bicyclic) bond motifs is 7. The molecule has 0 saturated heterocycles. The Morgan fingerprint density at radius 3 is 1.31 bits per heavy atom. The van der Waals surface area contributed by atoms with Crippen LogP contribution in [0.2, 0.25) is 0 Å². The molecule has 12 aromatic rings. The molecule has 0 unspecified atom stereocenters. The first-order valence-electron chi connectivity index (χ1n) is 20.8. The molecule has 1 heterocycles. The molecule has 0 radical (unpaired) electrons. The number of nitriles is 1. The van der Waals surface area contributed by atoms with E-state index < -0.39 is 0 Å². The van der Waals surface area contributed by atoms with Crippen molar-refractivity contribution in [2.24, 2.45) is 0 Å². The van der Waals surface area contributed by atoms with Gasteiger partial charge in [0, 0.05) is 16.5 Å². The fourth-order valence-electron chi connectivity index (χ4n) is 9.65. The van der Waals surface area contributed by atoms with Crippen molar-refractivity contribution >= 4 is 64.9 Å². The van der Waals surface area contributed by atoms with Gasteiger partial charge >= 0.3 is 0 Å². The molecule has 0 aliphatic rings. The van der Waals surface area contributed by atoms with Crippen LogP contribution in [0.3, 0.4) is 0 Å². The lowest BCUT2D eigenvalue weighted by atomic mass is 9.83. The standard InChI is InChI=1S/C59H36N2/c60-37-38-19-27-50-51-28-24-46(36-57(51)61(56(50)31-38)49-17-5-2-6-18-49)45-26-30-53-55(35-45)59(48-23-21-41-14-8-10-16-43(41)33-48)52-29-25-44(39-11-3-1-4-12-39)34-54(52)58(53)47-22-20-40-13-7-9-15-42(40)32-47/h1-36H. The second kappa shape index (κ2) is 13.9. The highest BCUT2D eigenvalue weighted by Gasteiger charge is 2.20. The molecule has 0 saturated carbocycles. The Morgan fingerprint density at radius 2 is 0.738 bits per heavy atom. The predicted octanol–water partition coefficient (Wildman–Crippen LogP) is 15.9. The lowest BCUT2D eigenvalue weighted by Gasteiger charge is -2.20. The van der Waals surface area contributed by atoms with Gasteiger partial charge in [-0.1, -0.05) is 164 Å². The summed E-state index contributed by atoms with van der Waals surface area (Å²) in [5.41, 5.74) is 13.4. The van der Waals surface area contributed by atoms with Crippen LogP contribution in [0.5, 0.6) is 0 Å². The Morgan fingerprint density at radius 1 is 0.295 bits per heavy atom. The van der Waals surface area contributed by atoms with Gasteiger partial charge in [0.15, 0.2) is 0 Å². The van der Waals surface area contributed by atoms with Crippen molar-refractivity contribution in [3.8, 4) is 56.3 Å². The highest BCUT2D eigenvalue weighted by molar-refractivity contribution is 6.23. The highest BCUT2D eigenvalue weighted by Crippen LogP contribution is 2.47. The van der Waals surface area contributed by atoms with Gasteiger partial charge in [0.1, 0.15) is 0 Å². The number of hydrogen-bond donors (Lipinski definition) is 0. The van der Waals surface area contributed by atoms with Crippen LogP contribution in [0, 0.1) is 11.3 Å². The predicted molar refractivity (Wildman–Crippen MR) is 257 cm³/mol. The molecule has 0 fully saturated rings. The van der Waals surface area contributed by atoms with Crippen molar-refractivity contribution in [2.75, 3.05) is 0 Å². The monoisotopic (exact) mass is 772 g/mol. The van der Waals surface area contributed by atoms with E-state index in [0.29, 0.717) is 5.56 Å². The van der Waals surface area contributed by atoms with Crippen LogP contribution in [-0.4, -0.2) is 4.57 Å². The molecule has 0 spiro atoms. The van der Waals surface area contributed by atoms with Crippen molar-refractivity contribution in [2.45, 2.75) is 0 Å². The van der Waals surface area contributed by atoms with Crippen LogP contribution < -0.4 is 0 Å². The maximum Gasteiger partial charge on any atom is 0.0992 e. The summed E-state index contributed by atoms with van der Waals surface area (Å²) in [4.78, 5) is 0. The van der Waals surface area contributed by atoms with Gasteiger partial charge in [-0.15, -0.1) is 0 Å². The molecule has 61 heavy (non-hydrogen) atoms. The Hall–Kier alpha value is -8.25. The second-order valence-electron chi connectivity index (χ2n) is 16.0. The van der Waals surface area contributed by atoms with Gasteiger partial charge in [-0.3, -0.25) is 0 Å². The molecule has 2 heteroatoms. The van der Waals surface area contributed by atoms with Crippen LogP contribution in [0.15, 0.2) is 218 Å². The SMILES string of the molecule is N#Cc1ccc2c3ccc(-c4ccc5c(-c6ccc7ccccc7c6)c6cc(-c7ccccc7)ccc6c(-c6ccc7ccccc7c6)c5c4)cc3n(-c3ccccc3)c2c1. The normalized spacial score (nSPS) is 11.6. The Bertz CT molecular complexity index is 3760. The summed E-state index contributed by atoms with van der Waals surface area (Å²) in [7, 11) is 0. The van der Waals surface area contributed by atoms with E-state index in [2.05, 4.69) is 211 Å². The van der Waals surface area contributed by atoms with Crippen molar-refractivity contribution < 1.29 is 0 Å². The first-order chi connectivity index (χ1) is 30.2. The van der Waals surface area contributed by atoms with E-state index in [9.17, 15) is 5.26 Å². The molecule has 0 atom stereocenters. The number of hydrogen-bond acceptors (Lipinski definition) is 1. The molecule has 0 aliphatic heterocycles. The summed E-state index contributed by atoms with van der Waals surface area (Å²) in [6.45, 7) is 0. The molecule has 0 aliphatic carbocycles. The number of nitrogens with zero attached hydrogens (tertiary/aromatic N) is 2. The topological polar surface area (TPSA) is 28.7 Å². The molecule has 282 valence electrons. The third-order valence-corrected chi connectivity index (χ3v) is 12.5. The summed E-state index contributed by atoms with van der Waals surface area (Å²) in [5.74, 6) is 0. The minimum Gasteiger partial charge on any atom is -0.309 e. The van der Waals surface area contributed by atoms with E-state index in [1.807, 2.05) is 18.2 Å². The first-order valence-corrected chi connectivity index (χ1v) is 20.8. The molecular formula is C59H36N2. The summed E-state index contributed by atoms with van der Waals surface area (Å²) in [6.07, 6.45) is 0. The highest BCUT2D eigenvalue weighted by atomic mass is 15.0. The third kappa shape index (κ3) is 5.71. The smallest absolute Gasteiger partial charge is 0.0992 e. The number of rotatable bonds is 5. The van der Waals surface area contributed by atoms with Crippen molar-refractivity contribution in [3.63, 3.8) is 0 Å². The quantitative estimate of drug-likeness (QED) is 0.160. The van der Waals surface area contributed by atoms with Crippen LogP contribution in [0.4, 0.5) is 0 Å². The molecule has 2 nitrogen and oxygen atoms in total. The third-order valence-electron chi connectivity index (χ3n) is 12.5. The largest absolute Gasteiger partial charge is 0.309 e. The second-order valence-corrected chi connectivity index (χ2v) is 16.0. The lowest BCUT2D eigenvalue weighted by Crippen LogP contribution is -1.94. The van der Waals surface area contributed by atoms with Gasteiger partial charge < -0.3 is 4.57 Å². The molecule has 11 aromatic carbocycles. The number of benzene rings is 11. The van der Waals surface area contributed by atoms with Crippen molar-refractivity contribution in [3.05, 3.63) is 224 Å². The zero-order chi connectivity index (χ0) is 40.4. The van der Waals surface area contributed by atoms with Gasteiger partial charge in [-0.05, 0) is 142 Å². The lowest BCUT2D eigenvalue weighted by molar-refractivity contribution is 1.18. The molecule has 1 aromatic heterocycles. The van der Waals surface area contributed by atoms with Gasteiger partial charge in [0.05, 0.1) is 22.7 Å². The van der Waals surface area contributed by atoms with Gasteiger partial charge in [-0.2, -0.15) is 5.26 Å². The fourth-order valence-corrected chi connectivity index (χ4v) is 9.65. The van der Waals surface area contributed by atoms with Crippen LogP contribution in [0.1, 0.15) is 5.56 Å². The minimum atomic E-state index is 0.647. The van der Waals surface area contributed by atoms with E-state index >= 15 is 0 Å². The van der Waals surface area contributed by atoms with E-state index in [1.165, 1.54) is 76.5 Å².